The number of hydrogen-bond acceptors (Lipinski definition) is 2. The Labute approximate surface area is 80.3 Å². The second kappa shape index (κ2) is 3.18. The van der Waals surface area contributed by atoms with Crippen molar-refractivity contribution >= 4 is 15.9 Å². The van der Waals surface area contributed by atoms with Gasteiger partial charge in [-0.25, -0.2) is 4.98 Å². The maximum Gasteiger partial charge on any atom is 0.127 e. The van der Waals surface area contributed by atoms with E-state index in [0.29, 0.717) is 6.04 Å². The maximum absolute atomic E-state index is 4.41. The molecule has 1 aliphatic heterocycles. The Kier molecular flexibility index (Phi) is 2.19. The first-order chi connectivity index (χ1) is 5.77. The lowest BCUT2D eigenvalue weighted by molar-refractivity contribution is 0.579. The number of hydrogen-bond donors (Lipinski definition) is 1. The van der Waals surface area contributed by atoms with Crippen molar-refractivity contribution in [2.45, 2.75) is 18.9 Å². The molecule has 1 aromatic heterocycles. The largest absolute Gasteiger partial charge is 0.335 e. The summed E-state index contributed by atoms with van der Waals surface area (Å²) in [6.07, 6.45) is 4.46. The summed E-state index contributed by atoms with van der Waals surface area (Å²) < 4.78 is 3.00. The molecule has 2 rings (SSSR count). The van der Waals surface area contributed by atoms with Crippen molar-refractivity contribution in [2.24, 2.45) is 7.05 Å². The second-order valence-electron chi connectivity index (χ2n) is 3.18. The standard InChI is InChI=1S/C8H12BrN3/c1-12-5-7(9)11-8(12)6-3-2-4-10-6/h5-6,10H,2-4H2,1H3. The van der Waals surface area contributed by atoms with Crippen LogP contribution >= 0.6 is 15.9 Å². The van der Waals surface area contributed by atoms with Gasteiger partial charge in [0, 0.05) is 13.2 Å². The molecule has 66 valence electrons. The molecule has 0 aliphatic carbocycles. The van der Waals surface area contributed by atoms with E-state index in [9.17, 15) is 0 Å². The number of rotatable bonds is 1. The molecule has 2 heterocycles. The Hall–Kier alpha value is -0.350. The molecule has 0 saturated carbocycles. The predicted octanol–water partition coefficient (Wildman–Crippen LogP) is 1.61. The molecule has 12 heavy (non-hydrogen) atoms. The average molecular weight is 230 g/mol. The molecule has 3 nitrogen and oxygen atoms in total. The van der Waals surface area contributed by atoms with Crippen molar-refractivity contribution in [3.05, 3.63) is 16.6 Å². The molecular formula is C8H12BrN3. The molecule has 0 radical (unpaired) electrons. The van der Waals surface area contributed by atoms with E-state index in [1.54, 1.807) is 0 Å². The van der Waals surface area contributed by atoms with Gasteiger partial charge in [-0.15, -0.1) is 0 Å². The van der Waals surface area contributed by atoms with Gasteiger partial charge in [0.2, 0.25) is 0 Å². The lowest BCUT2D eigenvalue weighted by atomic mass is 10.2. The third kappa shape index (κ3) is 1.41. The first kappa shape index (κ1) is 8.26. The summed E-state index contributed by atoms with van der Waals surface area (Å²) >= 11 is 3.37. The van der Waals surface area contributed by atoms with Crippen molar-refractivity contribution in [1.29, 1.82) is 0 Å². The van der Waals surface area contributed by atoms with E-state index >= 15 is 0 Å². The van der Waals surface area contributed by atoms with Crippen LogP contribution in [-0.4, -0.2) is 16.1 Å². The Bertz CT molecular complexity index is 276. The Morgan fingerprint density at radius 3 is 3.08 bits per heavy atom. The summed E-state index contributed by atoms with van der Waals surface area (Å²) in [5, 5.41) is 3.42. The van der Waals surface area contributed by atoms with E-state index in [4.69, 9.17) is 0 Å². The van der Waals surface area contributed by atoms with Gasteiger partial charge in [0.15, 0.2) is 0 Å². The summed E-state index contributed by atoms with van der Waals surface area (Å²) in [7, 11) is 2.03. The quantitative estimate of drug-likeness (QED) is 0.794. The van der Waals surface area contributed by atoms with E-state index in [1.165, 1.54) is 12.8 Å². The monoisotopic (exact) mass is 229 g/mol. The number of halogens is 1. The van der Waals surface area contributed by atoms with Gasteiger partial charge in [-0.05, 0) is 35.3 Å². The molecule has 1 N–H and O–H groups in total. The average Bonchev–Trinajstić information content (AvgIpc) is 2.58. The molecule has 0 spiro atoms. The lowest BCUT2D eigenvalue weighted by Crippen LogP contribution is -2.16. The smallest absolute Gasteiger partial charge is 0.127 e. The van der Waals surface area contributed by atoms with Crippen LogP contribution in [0.4, 0.5) is 0 Å². The van der Waals surface area contributed by atoms with Gasteiger partial charge in [0.25, 0.3) is 0 Å². The zero-order valence-electron chi connectivity index (χ0n) is 7.05. The van der Waals surface area contributed by atoms with Crippen LogP contribution in [0, 0.1) is 0 Å². The van der Waals surface area contributed by atoms with Crippen LogP contribution in [0.15, 0.2) is 10.8 Å². The molecule has 1 saturated heterocycles. The van der Waals surface area contributed by atoms with Crippen molar-refractivity contribution < 1.29 is 0 Å². The van der Waals surface area contributed by atoms with Crippen molar-refractivity contribution in [3.8, 4) is 0 Å². The minimum atomic E-state index is 0.460. The minimum Gasteiger partial charge on any atom is -0.335 e. The molecule has 0 amide bonds. The Balaban J connectivity index is 2.25. The summed E-state index contributed by atoms with van der Waals surface area (Å²) in [5.41, 5.74) is 0. The summed E-state index contributed by atoms with van der Waals surface area (Å²) in [5.74, 6) is 1.14. The maximum atomic E-state index is 4.41. The number of aryl methyl sites for hydroxylation is 1. The van der Waals surface area contributed by atoms with E-state index in [2.05, 4.69) is 30.8 Å². The highest BCUT2D eigenvalue weighted by atomic mass is 79.9. The highest BCUT2D eigenvalue weighted by Gasteiger charge is 2.20. The second-order valence-corrected chi connectivity index (χ2v) is 3.99. The van der Waals surface area contributed by atoms with Gasteiger partial charge >= 0.3 is 0 Å². The topological polar surface area (TPSA) is 29.9 Å². The zero-order valence-corrected chi connectivity index (χ0v) is 8.63. The predicted molar refractivity (Wildman–Crippen MR) is 50.9 cm³/mol. The molecule has 0 aromatic carbocycles. The van der Waals surface area contributed by atoms with Crippen LogP contribution in [0.25, 0.3) is 0 Å². The SMILES string of the molecule is Cn1cc(Br)nc1C1CCCN1. The summed E-state index contributed by atoms with van der Waals surface area (Å²) in [6.45, 7) is 1.12. The van der Waals surface area contributed by atoms with Crippen molar-refractivity contribution in [2.75, 3.05) is 6.54 Å². The fourth-order valence-corrected chi connectivity index (χ4v) is 2.16. The minimum absolute atomic E-state index is 0.460. The summed E-state index contributed by atoms with van der Waals surface area (Å²) in [4.78, 5) is 4.41. The van der Waals surface area contributed by atoms with Crippen LogP contribution < -0.4 is 5.32 Å². The molecule has 1 aliphatic rings. The van der Waals surface area contributed by atoms with Crippen LogP contribution in [0.3, 0.4) is 0 Å². The normalized spacial score (nSPS) is 23.3. The van der Waals surface area contributed by atoms with Gasteiger partial charge in [-0.3, -0.25) is 0 Å². The van der Waals surface area contributed by atoms with Gasteiger partial charge in [-0.2, -0.15) is 0 Å². The lowest BCUT2D eigenvalue weighted by Gasteiger charge is -2.08. The highest BCUT2D eigenvalue weighted by Crippen LogP contribution is 2.22. The molecule has 0 bridgehead atoms. The Morgan fingerprint density at radius 2 is 2.58 bits per heavy atom. The van der Waals surface area contributed by atoms with Crippen LogP contribution in [0.2, 0.25) is 0 Å². The van der Waals surface area contributed by atoms with Gasteiger partial charge < -0.3 is 9.88 Å². The first-order valence-corrected chi connectivity index (χ1v) is 4.99. The number of imidazole rings is 1. The molecule has 1 unspecified atom stereocenters. The fraction of sp³-hybridized carbons (Fsp3) is 0.625. The van der Waals surface area contributed by atoms with Gasteiger partial charge in [-0.1, -0.05) is 0 Å². The molecular weight excluding hydrogens is 218 g/mol. The van der Waals surface area contributed by atoms with Crippen LogP contribution in [0.5, 0.6) is 0 Å². The van der Waals surface area contributed by atoms with Crippen LogP contribution in [0.1, 0.15) is 24.7 Å². The fourth-order valence-electron chi connectivity index (χ4n) is 1.67. The van der Waals surface area contributed by atoms with Crippen molar-refractivity contribution in [3.63, 3.8) is 0 Å². The number of nitrogens with one attached hydrogen (secondary N) is 1. The van der Waals surface area contributed by atoms with Gasteiger partial charge in [0.05, 0.1) is 6.04 Å². The molecule has 1 fully saturated rings. The number of aromatic nitrogens is 2. The molecule has 1 aromatic rings. The molecule has 4 heteroatoms. The van der Waals surface area contributed by atoms with E-state index < -0.39 is 0 Å². The third-order valence-electron chi connectivity index (χ3n) is 2.25. The van der Waals surface area contributed by atoms with Gasteiger partial charge in [0.1, 0.15) is 10.4 Å². The third-order valence-corrected chi connectivity index (χ3v) is 2.64. The highest BCUT2D eigenvalue weighted by molar-refractivity contribution is 9.10. The van der Waals surface area contributed by atoms with E-state index in [1.807, 2.05) is 13.2 Å². The van der Waals surface area contributed by atoms with E-state index in [-0.39, 0.29) is 0 Å². The summed E-state index contributed by atoms with van der Waals surface area (Å²) in [6, 6.07) is 0.460. The number of nitrogens with zero attached hydrogens (tertiary/aromatic N) is 2. The molecule has 1 atom stereocenters. The Morgan fingerprint density at radius 1 is 1.75 bits per heavy atom. The van der Waals surface area contributed by atoms with Crippen molar-refractivity contribution in [1.82, 2.24) is 14.9 Å². The first-order valence-electron chi connectivity index (χ1n) is 4.19. The van der Waals surface area contributed by atoms with Crippen LogP contribution in [-0.2, 0) is 7.05 Å². The van der Waals surface area contributed by atoms with E-state index in [0.717, 1.165) is 17.0 Å². The zero-order chi connectivity index (χ0) is 8.55.